The standard InChI is InChI=1S/C16H17N3O/c1-2-15(20)19(14-11-7-4-8-12-14)16(17)18-13-9-5-3-6-10-13/h2-12,15,20H,1H2,(H2,17,18). The molecule has 4 nitrogen and oxygen atoms in total. The fourth-order valence-electron chi connectivity index (χ4n) is 1.80. The van der Waals surface area contributed by atoms with Crippen molar-refractivity contribution in [2.24, 2.45) is 10.7 Å². The lowest BCUT2D eigenvalue weighted by atomic mass is 10.3. The molecule has 2 aromatic rings. The molecule has 0 bridgehead atoms. The summed E-state index contributed by atoms with van der Waals surface area (Å²) in [6.45, 7) is 3.59. The molecule has 0 radical (unpaired) electrons. The minimum absolute atomic E-state index is 0.204. The summed E-state index contributed by atoms with van der Waals surface area (Å²) in [5, 5.41) is 10.1. The van der Waals surface area contributed by atoms with E-state index in [-0.39, 0.29) is 5.96 Å². The topological polar surface area (TPSA) is 61.8 Å². The van der Waals surface area contributed by atoms with E-state index in [1.54, 1.807) is 0 Å². The molecule has 2 aromatic carbocycles. The second kappa shape index (κ2) is 6.54. The van der Waals surface area contributed by atoms with Crippen LogP contribution >= 0.6 is 0 Å². The minimum Gasteiger partial charge on any atom is -0.369 e. The molecular formula is C16H17N3O. The first-order chi connectivity index (χ1) is 9.72. The molecule has 0 aliphatic rings. The number of aliphatic imine (C=N–C) groups is 1. The van der Waals surface area contributed by atoms with Gasteiger partial charge in [-0.1, -0.05) is 43.0 Å². The molecule has 0 saturated carbocycles. The monoisotopic (exact) mass is 267 g/mol. The van der Waals surface area contributed by atoms with Gasteiger partial charge in [0, 0.05) is 5.69 Å². The van der Waals surface area contributed by atoms with Gasteiger partial charge in [-0.3, -0.25) is 4.90 Å². The molecular weight excluding hydrogens is 250 g/mol. The third kappa shape index (κ3) is 3.24. The van der Waals surface area contributed by atoms with Crippen LogP contribution in [0.3, 0.4) is 0 Å². The molecule has 1 unspecified atom stereocenters. The first kappa shape index (κ1) is 13.8. The Balaban J connectivity index is 2.37. The second-order valence-electron chi connectivity index (χ2n) is 4.16. The zero-order valence-electron chi connectivity index (χ0n) is 11.1. The van der Waals surface area contributed by atoms with E-state index in [0.29, 0.717) is 0 Å². The molecule has 1 atom stereocenters. The average Bonchev–Trinajstić information content (AvgIpc) is 2.49. The molecule has 0 spiro atoms. The van der Waals surface area contributed by atoms with Crippen LogP contribution in [0.1, 0.15) is 0 Å². The Labute approximate surface area is 118 Å². The van der Waals surface area contributed by atoms with Gasteiger partial charge in [0.1, 0.15) is 0 Å². The van der Waals surface area contributed by atoms with Crippen LogP contribution in [0.15, 0.2) is 78.3 Å². The van der Waals surface area contributed by atoms with Crippen LogP contribution in [0.2, 0.25) is 0 Å². The maximum Gasteiger partial charge on any atom is 0.203 e. The van der Waals surface area contributed by atoms with E-state index in [0.717, 1.165) is 11.4 Å². The summed E-state index contributed by atoms with van der Waals surface area (Å²) in [4.78, 5) is 5.83. The lowest BCUT2D eigenvalue weighted by molar-refractivity contribution is 0.233. The van der Waals surface area contributed by atoms with Crippen LogP contribution in [-0.4, -0.2) is 17.3 Å². The van der Waals surface area contributed by atoms with E-state index in [1.165, 1.54) is 11.0 Å². The highest BCUT2D eigenvalue weighted by Gasteiger charge is 2.17. The quantitative estimate of drug-likeness (QED) is 0.387. The first-order valence-electron chi connectivity index (χ1n) is 6.26. The first-order valence-corrected chi connectivity index (χ1v) is 6.26. The zero-order valence-corrected chi connectivity index (χ0v) is 11.1. The van der Waals surface area contributed by atoms with Crippen LogP contribution in [-0.2, 0) is 0 Å². The lowest BCUT2D eigenvalue weighted by Gasteiger charge is -2.26. The number of nitrogens with two attached hydrogens (primary N) is 1. The van der Waals surface area contributed by atoms with Crippen molar-refractivity contribution in [3.05, 3.63) is 73.3 Å². The van der Waals surface area contributed by atoms with Gasteiger partial charge in [-0.2, -0.15) is 0 Å². The number of hydrogen-bond donors (Lipinski definition) is 2. The number of rotatable bonds is 4. The van der Waals surface area contributed by atoms with Gasteiger partial charge < -0.3 is 10.8 Å². The van der Waals surface area contributed by atoms with E-state index in [9.17, 15) is 5.11 Å². The van der Waals surface area contributed by atoms with Crippen molar-refractivity contribution in [1.29, 1.82) is 0 Å². The Morgan fingerprint density at radius 3 is 2.20 bits per heavy atom. The van der Waals surface area contributed by atoms with Gasteiger partial charge in [0.15, 0.2) is 6.23 Å². The molecule has 3 N–H and O–H groups in total. The Hall–Kier alpha value is -2.59. The van der Waals surface area contributed by atoms with E-state index in [4.69, 9.17) is 5.73 Å². The van der Waals surface area contributed by atoms with Gasteiger partial charge in [0.2, 0.25) is 5.96 Å². The van der Waals surface area contributed by atoms with E-state index in [2.05, 4.69) is 11.6 Å². The summed E-state index contributed by atoms with van der Waals surface area (Å²) in [5.74, 6) is 0.204. The number of aliphatic hydroxyl groups is 1. The Morgan fingerprint density at radius 2 is 1.65 bits per heavy atom. The number of para-hydroxylation sites is 2. The van der Waals surface area contributed by atoms with Crippen LogP contribution in [0.25, 0.3) is 0 Å². The van der Waals surface area contributed by atoms with Gasteiger partial charge >= 0.3 is 0 Å². The summed E-state index contributed by atoms with van der Waals surface area (Å²) in [5.41, 5.74) is 7.50. The van der Waals surface area contributed by atoms with Crippen LogP contribution in [0.5, 0.6) is 0 Å². The molecule has 0 heterocycles. The van der Waals surface area contributed by atoms with E-state index >= 15 is 0 Å². The van der Waals surface area contributed by atoms with Crippen LogP contribution in [0.4, 0.5) is 11.4 Å². The molecule has 102 valence electrons. The third-order valence-electron chi connectivity index (χ3n) is 2.76. The highest BCUT2D eigenvalue weighted by molar-refractivity contribution is 5.96. The number of anilines is 1. The molecule has 0 amide bonds. The normalized spacial score (nSPS) is 12.8. The number of aliphatic hydroxyl groups excluding tert-OH is 1. The molecule has 0 aromatic heterocycles. The molecule has 20 heavy (non-hydrogen) atoms. The molecule has 0 aliphatic heterocycles. The maximum atomic E-state index is 10.1. The molecule has 0 fully saturated rings. The van der Waals surface area contributed by atoms with Crippen molar-refractivity contribution in [1.82, 2.24) is 0 Å². The number of nitrogens with zero attached hydrogens (tertiary/aromatic N) is 2. The fraction of sp³-hybridized carbons (Fsp3) is 0.0625. The summed E-state index contributed by atoms with van der Waals surface area (Å²) in [7, 11) is 0. The van der Waals surface area contributed by atoms with Gasteiger partial charge in [0.05, 0.1) is 5.69 Å². The zero-order chi connectivity index (χ0) is 14.4. The van der Waals surface area contributed by atoms with Gasteiger partial charge in [-0.15, -0.1) is 0 Å². The molecule has 0 saturated heterocycles. The van der Waals surface area contributed by atoms with Gasteiger partial charge in [-0.25, -0.2) is 4.99 Å². The molecule has 0 aliphatic carbocycles. The predicted octanol–water partition coefficient (Wildman–Crippen LogP) is 2.64. The summed E-state index contributed by atoms with van der Waals surface area (Å²) >= 11 is 0. The van der Waals surface area contributed by atoms with Crippen LogP contribution in [0, 0.1) is 0 Å². The SMILES string of the molecule is C=CC(O)N(C(N)=Nc1ccccc1)c1ccccc1. The number of hydrogen-bond acceptors (Lipinski definition) is 2. The Bertz CT molecular complexity index is 581. The Kier molecular flexibility index (Phi) is 4.52. The van der Waals surface area contributed by atoms with Gasteiger partial charge in [0.25, 0.3) is 0 Å². The molecule has 2 rings (SSSR count). The predicted molar refractivity (Wildman–Crippen MR) is 82.8 cm³/mol. The maximum absolute atomic E-state index is 10.1. The van der Waals surface area contributed by atoms with Crippen molar-refractivity contribution < 1.29 is 5.11 Å². The largest absolute Gasteiger partial charge is 0.369 e. The van der Waals surface area contributed by atoms with E-state index in [1.807, 2.05) is 60.7 Å². The smallest absolute Gasteiger partial charge is 0.203 e. The van der Waals surface area contributed by atoms with E-state index < -0.39 is 6.23 Å². The van der Waals surface area contributed by atoms with Crippen molar-refractivity contribution in [2.45, 2.75) is 6.23 Å². The number of benzene rings is 2. The minimum atomic E-state index is -0.940. The van der Waals surface area contributed by atoms with Crippen molar-refractivity contribution in [2.75, 3.05) is 4.90 Å². The van der Waals surface area contributed by atoms with Crippen molar-refractivity contribution >= 4 is 17.3 Å². The van der Waals surface area contributed by atoms with Crippen LogP contribution < -0.4 is 10.6 Å². The highest BCUT2D eigenvalue weighted by Crippen LogP contribution is 2.18. The highest BCUT2D eigenvalue weighted by atomic mass is 16.3. The summed E-state index contributed by atoms with van der Waals surface area (Å²) in [6, 6.07) is 18.7. The van der Waals surface area contributed by atoms with Gasteiger partial charge in [-0.05, 0) is 30.3 Å². The average molecular weight is 267 g/mol. The lowest BCUT2D eigenvalue weighted by Crippen LogP contribution is -2.44. The molecule has 4 heteroatoms. The third-order valence-corrected chi connectivity index (χ3v) is 2.76. The second-order valence-corrected chi connectivity index (χ2v) is 4.16. The Morgan fingerprint density at radius 1 is 1.10 bits per heavy atom. The summed E-state index contributed by atoms with van der Waals surface area (Å²) < 4.78 is 0. The fourth-order valence-corrected chi connectivity index (χ4v) is 1.80. The summed E-state index contributed by atoms with van der Waals surface area (Å²) in [6.07, 6.45) is 0.463. The van der Waals surface area contributed by atoms with Crippen molar-refractivity contribution in [3.8, 4) is 0 Å². The van der Waals surface area contributed by atoms with Crippen molar-refractivity contribution in [3.63, 3.8) is 0 Å². The number of guanidine groups is 1.